The van der Waals surface area contributed by atoms with Crippen molar-refractivity contribution >= 4 is 21.8 Å². The monoisotopic (exact) mass is 888 g/mol. The minimum Gasteiger partial charge on any atom is -0.573 e. The number of aromatic nitrogens is 5. The van der Waals surface area contributed by atoms with Gasteiger partial charge in [0.2, 0.25) is 5.88 Å². The molecule has 4 heterocycles. The van der Waals surface area contributed by atoms with Gasteiger partial charge in [-0.1, -0.05) is 91.6 Å². The third-order valence-corrected chi connectivity index (χ3v) is 10.1. The van der Waals surface area contributed by atoms with Crippen molar-refractivity contribution in [2.45, 2.75) is 67.7 Å². The molecule has 8 aromatic rings. The van der Waals surface area contributed by atoms with Crippen LogP contribution in [0.5, 0.6) is 11.6 Å². The van der Waals surface area contributed by atoms with E-state index in [9.17, 15) is 0 Å². The van der Waals surface area contributed by atoms with E-state index < -0.39 is 0 Å². The van der Waals surface area contributed by atoms with Gasteiger partial charge in [-0.25, -0.2) is 9.97 Å². The molecule has 0 saturated heterocycles. The minimum absolute atomic E-state index is 0. The van der Waals surface area contributed by atoms with E-state index in [4.69, 9.17) is 24.9 Å². The van der Waals surface area contributed by atoms with Gasteiger partial charge in [0.25, 0.3) is 0 Å². The summed E-state index contributed by atoms with van der Waals surface area (Å²) in [7, 11) is 0. The summed E-state index contributed by atoms with van der Waals surface area (Å²) in [6.07, 6.45) is 1.89. The average Bonchev–Trinajstić information content (AvgIpc) is 3.66. The molecule has 0 spiro atoms. The predicted octanol–water partition coefficient (Wildman–Crippen LogP) is 11.7. The molecule has 0 aliphatic heterocycles. The fraction of sp³-hybridized carbons (Fsp3) is 0.213. The van der Waals surface area contributed by atoms with Gasteiger partial charge in [-0.3, -0.25) is 0 Å². The molecule has 0 aliphatic carbocycles. The van der Waals surface area contributed by atoms with Crippen molar-refractivity contribution in [3.63, 3.8) is 0 Å². The standard InChI is InChI=1S/C47H43N5O.Pt/c1-27-21-29(3)42(30(4)22-27)44-45(50-51-46(44)43-31(5)23-28(2)24-32(43)6)37-14-12-16-41(49-37)53-34-17-18-36-35-13-10-11-15-38(35)52(39(36)26-34)40-25-33(19-20-48-40)47(7,8)9;/h10-25H,1-9H3;/q-2;+2. The minimum atomic E-state index is -0.0214. The maximum atomic E-state index is 6.52. The first-order valence-corrected chi connectivity index (χ1v) is 18.1. The van der Waals surface area contributed by atoms with Gasteiger partial charge < -0.3 is 19.5 Å². The average molecular weight is 889 g/mol. The maximum absolute atomic E-state index is 6.52. The van der Waals surface area contributed by atoms with Crippen LogP contribution in [0, 0.1) is 47.6 Å². The molecule has 7 heteroatoms. The Morgan fingerprint density at radius 3 is 2.04 bits per heavy atom. The predicted molar refractivity (Wildman–Crippen MR) is 216 cm³/mol. The number of ether oxygens (including phenoxy) is 1. The van der Waals surface area contributed by atoms with Crippen LogP contribution in [-0.2, 0) is 26.5 Å². The molecule has 0 radical (unpaired) electrons. The molecule has 0 amide bonds. The van der Waals surface area contributed by atoms with Crippen molar-refractivity contribution in [1.82, 2.24) is 24.7 Å². The Morgan fingerprint density at radius 1 is 0.685 bits per heavy atom. The van der Waals surface area contributed by atoms with E-state index in [-0.39, 0.29) is 26.5 Å². The summed E-state index contributed by atoms with van der Waals surface area (Å²) in [6, 6.07) is 35.0. The third kappa shape index (κ3) is 6.58. The summed E-state index contributed by atoms with van der Waals surface area (Å²) in [4.78, 5) is 9.87. The molecule has 0 fully saturated rings. The van der Waals surface area contributed by atoms with E-state index in [1.165, 1.54) is 38.9 Å². The quantitative estimate of drug-likeness (QED) is 0.156. The zero-order valence-corrected chi connectivity index (χ0v) is 34.5. The number of pyridine rings is 2. The van der Waals surface area contributed by atoms with Gasteiger partial charge in [0, 0.05) is 29.1 Å². The third-order valence-electron chi connectivity index (χ3n) is 10.1. The summed E-state index contributed by atoms with van der Waals surface area (Å²) in [5.74, 6) is 1.85. The van der Waals surface area contributed by atoms with Gasteiger partial charge in [-0.15, -0.1) is 17.5 Å². The van der Waals surface area contributed by atoms with Gasteiger partial charge in [-0.05, 0) is 116 Å². The number of para-hydroxylation sites is 1. The molecule has 0 bridgehead atoms. The Hall–Kier alpha value is -5.32. The van der Waals surface area contributed by atoms with Crippen LogP contribution in [0.4, 0.5) is 0 Å². The molecule has 0 N–H and O–H groups in total. The van der Waals surface area contributed by atoms with Crippen molar-refractivity contribution in [2.75, 3.05) is 0 Å². The summed E-state index contributed by atoms with van der Waals surface area (Å²) in [5, 5.41) is 11.9. The largest absolute Gasteiger partial charge is 2.00 e. The van der Waals surface area contributed by atoms with Crippen LogP contribution in [0.1, 0.15) is 59.7 Å². The van der Waals surface area contributed by atoms with Crippen LogP contribution in [0.15, 0.2) is 97.2 Å². The first-order valence-electron chi connectivity index (χ1n) is 18.1. The van der Waals surface area contributed by atoms with Crippen LogP contribution in [-0.4, -0.2) is 19.6 Å². The van der Waals surface area contributed by atoms with Gasteiger partial charge in [0.15, 0.2) is 0 Å². The molecular weight excluding hydrogens is 846 g/mol. The van der Waals surface area contributed by atoms with Gasteiger partial charge >= 0.3 is 21.1 Å². The molecule has 4 aromatic carbocycles. The van der Waals surface area contributed by atoms with E-state index in [0.29, 0.717) is 17.3 Å². The fourth-order valence-corrected chi connectivity index (χ4v) is 7.93. The maximum Gasteiger partial charge on any atom is 2.00 e. The van der Waals surface area contributed by atoms with Crippen molar-refractivity contribution in [3.05, 3.63) is 142 Å². The molecule has 0 saturated carbocycles. The van der Waals surface area contributed by atoms with E-state index >= 15 is 0 Å². The molecular formula is C47H43N5OPt. The second-order valence-corrected chi connectivity index (χ2v) is 15.4. The van der Waals surface area contributed by atoms with Gasteiger partial charge in [0.05, 0.1) is 11.4 Å². The van der Waals surface area contributed by atoms with Crippen molar-refractivity contribution in [3.8, 4) is 51.2 Å². The Kier molecular flexibility index (Phi) is 9.70. The summed E-state index contributed by atoms with van der Waals surface area (Å²) in [6.45, 7) is 19.6. The molecule has 4 aromatic heterocycles. The van der Waals surface area contributed by atoms with Gasteiger partial charge in [-0.2, -0.15) is 6.07 Å². The number of fused-ring (bicyclic) bond motifs is 3. The summed E-state index contributed by atoms with van der Waals surface area (Å²) in [5.41, 5.74) is 15.8. The molecule has 6 nitrogen and oxygen atoms in total. The second-order valence-electron chi connectivity index (χ2n) is 15.4. The topological polar surface area (TPSA) is 66.9 Å². The van der Waals surface area contributed by atoms with Crippen LogP contribution < -0.4 is 9.84 Å². The zero-order chi connectivity index (χ0) is 37.2. The Morgan fingerprint density at radius 2 is 1.35 bits per heavy atom. The SMILES string of the molecule is Cc1cc(C)c(-c2n[n-]c(-c3cccc(Oc4[c-]c5c(cc4)c4ccccc4n5-c4cc(C(C)(C)C)ccn4)n3)c2-c2c(C)cc(C)cc2C)c(C)c1.[Pt+2]. The van der Waals surface area contributed by atoms with Crippen LogP contribution in [0.3, 0.4) is 0 Å². The molecule has 0 atom stereocenters. The van der Waals surface area contributed by atoms with Crippen molar-refractivity contribution in [1.29, 1.82) is 0 Å². The molecule has 0 aliphatic rings. The first kappa shape index (κ1) is 37.0. The van der Waals surface area contributed by atoms with Gasteiger partial charge in [0.1, 0.15) is 5.82 Å². The number of hydrogen-bond acceptors (Lipinski definition) is 4. The molecule has 54 heavy (non-hydrogen) atoms. The first-order chi connectivity index (χ1) is 25.4. The Bertz CT molecular complexity index is 2670. The van der Waals surface area contributed by atoms with E-state index in [2.05, 4.69) is 140 Å². The number of aryl methyl sites for hydroxylation is 6. The number of rotatable bonds is 6. The van der Waals surface area contributed by atoms with Crippen LogP contribution >= 0.6 is 0 Å². The Labute approximate surface area is 331 Å². The number of nitrogens with zero attached hydrogens (tertiary/aromatic N) is 5. The molecule has 272 valence electrons. The zero-order valence-electron chi connectivity index (χ0n) is 32.2. The summed E-state index contributed by atoms with van der Waals surface area (Å²) < 4.78 is 8.69. The normalized spacial score (nSPS) is 11.6. The molecule has 0 unspecified atom stereocenters. The second kappa shape index (κ2) is 14.2. The summed E-state index contributed by atoms with van der Waals surface area (Å²) >= 11 is 0. The number of hydrogen-bond donors (Lipinski definition) is 0. The van der Waals surface area contributed by atoms with Crippen LogP contribution in [0.25, 0.3) is 61.4 Å². The van der Waals surface area contributed by atoms with Crippen molar-refractivity contribution in [2.24, 2.45) is 0 Å². The van der Waals surface area contributed by atoms with E-state index in [1.54, 1.807) is 0 Å². The fourth-order valence-electron chi connectivity index (χ4n) is 7.93. The van der Waals surface area contributed by atoms with E-state index in [0.717, 1.165) is 55.7 Å². The van der Waals surface area contributed by atoms with Crippen molar-refractivity contribution < 1.29 is 25.8 Å². The molecule has 8 rings (SSSR count). The smallest absolute Gasteiger partial charge is 0.573 e. The van der Waals surface area contributed by atoms with Crippen LogP contribution in [0.2, 0.25) is 0 Å². The Balaban J connectivity index is 0.00000450. The number of benzene rings is 4. The van der Waals surface area contributed by atoms with E-state index in [1.807, 2.05) is 30.5 Å².